The molecule has 0 aliphatic carbocycles. The summed E-state index contributed by atoms with van der Waals surface area (Å²) in [6, 6.07) is 58.6. The third kappa shape index (κ3) is 3.91. The number of thiophene rings is 1. The molecule has 232 valence electrons. The van der Waals surface area contributed by atoms with Gasteiger partial charge in [-0.05, 0) is 51.9 Å². The molecule has 0 bridgehead atoms. The van der Waals surface area contributed by atoms with Crippen LogP contribution in [0.5, 0.6) is 0 Å². The average Bonchev–Trinajstić information content (AvgIpc) is 3.75. The molecule has 11 aromatic rings. The molecule has 8 aromatic carbocycles. The second-order valence-electron chi connectivity index (χ2n) is 12.9. The lowest BCUT2D eigenvalue weighted by Crippen LogP contribution is -1.98. The van der Waals surface area contributed by atoms with E-state index in [0.29, 0.717) is 5.82 Å². The SMILES string of the molecule is c1ccc(-c2nc(-c3cccc(-n4c5ccc6ccccc6c5c5c6ccccc6c6c7ccccc7sc6c54)c3)nc3ccccc23)cc1. The van der Waals surface area contributed by atoms with Crippen molar-refractivity contribution in [2.75, 3.05) is 0 Å². The highest BCUT2D eigenvalue weighted by Gasteiger charge is 2.23. The van der Waals surface area contributed by atoms with Gasteiger partial charge in [0.2, 0.25) is 0 Å². The summed E-state index contributed by atoms with van der Waals surface area (Å²) < 4.78 is 5.09. The lowest BCUT2D eigenvalue weighted by Gasteiger charge is -2.13. The molecular formula is C46H27N3S. The van der Waals surface area contributed by atoms with Gasteiger partial charge < -0.3 is 4.57 Å². The Hall–Kier alpha value is -6.36. The number of para-hydroxylation sites is 1. The molecule has 50 heavy (non-hydrogen) atoms. The van der Waals surface area contributed by atoms with Gasteiger partial charge in [-0.15, -0.1) is 11.3 Å². The third-order valence-electron chi connectivity index (χ3n) is 10.1. The predicted molar refractivity (Wildman–Crippen MR) is 213 cm³/mol. The molecule has 3 aromatic heterocycles. The molecule has 11 rings (SSSR count). The fourth-order valence-corrected chi connectivity index (χ4v) is 9.27. The van der Waals surface area contributed by atoms with E-state index in [9.17, 15) is 0 Å². The largest absolute Gasteiger partial charge is 0.308 e. The lowest BCUT2D eigenvalue weighted by molar-refractivity contribution is 1.18. The van der Waals surface area contributed by atoms with Crippen LogP contribution in [0.1, 0.15) is 0 Å². The quantitative estimate of drug-likeness (QED) is 0.190. The van der Waals surface area contributed by atoms with Gasteiger partial charge in [-0.2, -0.15) is 0 Å². The smallest absolute Gasteiger partial charge is 0.160 e. The minimum Gasteiger partial charge on any atom is -0.308 e. The molecular weight excluding hydrogens is 627 g/mol. The molecule has 0 N–H and O–H groups in total. The Morgan fingerprint density at radius 2 is 1.14 bits per heavy atom. The van der Waals surface area contributed by atoms with Crippen LogP contribution >= 0.6 is 11.3 Å². The Morgan fingerprint density at radius 1 is 0.460 bits per heavy atom. The van der Waals surface area contributed by atoms with Crippen molar-refractivity contribution in [3.05, 3.63) is 164 Å². The fourth-order valence-electron chi connectivity index (χ4n) is 8.01. The summed E-state index contributed by atoms with van der Waals surface area (Å²) in [6.45, 7) is 0. The van der Waals surface area contributed by atoms with Crippen LogP contribution in [0.3, 0.4) is 0 Å². The summed E-state index contributed by atoms with van der Waals surface area (Å²) in [6.07, 6.45) is 0. The predicted octanol–water partition coefficient (Wildman–Crippen LogP) is 12.7. The molecule has 0 unspecified atom stereocenters. The van der Waals surface area contributed by atoms with E-state index in [4.69, 9.17) is 9.97 Å². The van der Waals surface area contributed by atoms with Crippen LogP contribution in [0.4, 0.5) is 0 Å². The first-order valence-corrected chi connectivity index (χ1v) is 17.7. The summed E-state index contributed by atoms with van der Waals surface area (Å²) in [4.78, 5) is 10.4. The normalized spacial score (nSPS) is 12.0. The molecule has 0 spiro atoms. The maximum absolute atomic E-state index is 5.23. The third-order valence-corrected chi connectivity index (χ3v) is 11.3. The Morgan fingerprint density at radius 3 is 2.00 bits per heavy atom. The first-order chi connectivity index (χ1) is 24.8. The summed E-state index contributed by atoms with van der Waals surface area (Å²) >= 11 is 1.89. The van der Waals surface area contributed by atoms with Gasteiger partial charge in [-0.1, -0.05) is 133 Å². The first-order valence-electron chi connectivity index (χ1n) is 16.9. The first kappa shape index (κ1) is 27.6. The molecule has 4 heteroatoms. The van der Waals surface area contributed by atoms with Crippen molar-refractivity contribution in [1.29, 1.82) is 0 Å². The molecule has 0 aliphatic rings. The van der Waals surface area contributed by atoms with Gasteiger partial charge in [-0.3, -0.25) is 0 Å². The summed E-state index contributed by atoms with van der Waals surface area (Å²) in [5.74, 6) is 0.716. The van der Waals surface area contributed by atoms with Gasteiger partial charge in [0.05, 0.1) is 26.9 Å². The van der Waals surface area contributed by atoms with Crippen molar-refractivity contribution >= 4 is 85.8 Å². The van der Waals surface area contributed by atoms with Crippen molar-refractivity contribution < 1.29 is 0 Å². The summed E-state index contributed by atoms with van der Waals surface area (Å²) in [5.41, 5.74) is 7.46. The standard InChI is InChI=1S/C46H27N3S/c1-2-14-29(15-3-1)43-35-21-8-10-23-37(35)47-46(48-43)30-16-12-17-31(27-30)49-38-26-25-28-13-4-5-18-32(28)41(38)42-34-20-7-6-19-33(34)40-36-22-9-11-24-39(36)50-45(40)44(42)49/h1-27H. The molecule has 0 aliphatic heterocycles. The highest BCUT2D eigenvalue weighted by atomic mass is 32.1. The van der Waals surface area contributed by atoms with E-state index in [2.05, 4.69) is 156 Å². The van der Waals surface area contributed by atoms with Gasteiger partial charge in [-0.25, -0.2) is 9.97 Å². The van der Waals surface area contributed by atoms with Crippen LogP contribution in [0.25, 0.3) is 103 Å². The number of benzene rings is 8. The minimum atomic E-state index is 0.716. The fraction of sp³-hybridized carbons (Fsp3) is 0. The summed E-state index contributed by atoms with van der Waals surface area (Å²) in [5, 5.41) is 11.3. The minimum absolute atomic E-state index is 0.716. The van der Waals surface area contributed by atoms with Gasteiger partial charge in [0, 0.05) is 48.4 Å². The van der Waals surface area contributed by atoms with E-state index in [1.54, 1.807) is 0 Å². The molecule has 0 amide bonds. The molecule has 0 atom stereocenters. The zero-order valence-corrected chi connectivity index (χ0v) is 27.7. The topological polar surface area (TPSA) is 30.7 Å². The van der Waals surface area contributed by atoms with E-state index < -0.39 is 0 Å². The molecule has 0 fully saturated rings. The van der Waals surface area contributed by atoms with Crippen molar-refractivity contribution in [3.63, 3.8) is 0 Å². The second kappa shape index (κ2) is 10.6. The molecule has 3 heterocycles. The van der Waals surface area contributed by atoms with E-state index in [1.807, 2.05) is 23.5 Å². The monoisotopic (exact) mass is 653 g/mol. The number of aromatic nitrogens is 3. The van der Waals surface area contributed by atoms with Crippen molar-refractivity contribution in [3.8, 4) is 28.3 Å². The average molecular weight is 654 g/mol. The summed E-state index contributed by atoms with van der Waals surface area (Å²) in [7, 11) is 0. The highest BCUT2D eigenvalue weighted by Crippen LogP contribution is 2.49. The molecule has 0 saturated carbocycles. The Balaban J connectivity index is 1.28. The van der Waals surface area contributed by atoms with Crippen LogP contribution in [-0.4, -0.2) is 14.5 Å². The number of rotatable bonds is 3. The van der Waals surface area contributed by atoms with E-state index in [-0.39, 0.29) is 0 Å². The zero-order valence-electron chi connectivity index (χ0n) is 26.8. The van der Waals surface area contributed by atoms with E-state index in [1.165, 1.54) is 63.5 Å². The number of fused-ring (bicyclic) bond motifs is 13. The number of hydrogen-bond acceptors (Lipinski definition) is 3. The van der Waals surface area contributed by atoms with Crippen LogP contribution in [0.2, 0.25) is 0 Å². The Bertz CT molecular complexity index is 3150. The maximum atomic E-state index is 5.23. The van der Waals surface area contributed by atoms with Crippen molar-refractivity contribution in [2.45, 2.75) is 0 Å². The van der Waals surface area contributed by atoms with Gasteiger partial charge in [0.25, 0.3) is 0 Å². The number of nitrogens with zero attached hydrogens (tertiary/aromatic N) is 3. The van der Waals surface area contributed by atoms with Gasteiger partial charge in [0.1, 0.15) is 0 Å². The highest BCUT2D eigenvalue weighted by molar-refractivity contribution is 7.27. The Labute approximate surface area is 291 Å². The Kier molecular flexibility index (Phi) is 5.83. The van der Waals surface area contributed by atoms with Gasteiger partial charge in [0.15, 0.2) is 5.82 Å². The van der Waals surface area contributed by atoms with Crippen molar-refractivity contribution in [1.82, 2.24) is 14.5 Å². The van der Waals surface area contributed by atoms with Crippen LogP contribution < -0.4 is 0 Å². The maximum Gasteiger partial charge on any atom is 0.160 e. The van der Waals surface area contributed by atoms with Crippen LogP contribution in [-0.2, 0) is 0 Å². The lowest BCUT2D eigenvalue weighted by atomic mass is 9.97. The van der Waals surface area contributed by atoms with Crippen LogP contribution in [0, 0.1) is 0 Å². The number of hydrogen-bond donors (Lipinski definition) is 0. The van der Waals surface area contributed by atoms with Crippen LogP contribution in [0.15, 0.2) is 164 Å². The van der Waals surface area contributed by atoms with Crippen molar-refractivity contribution in [2.24, 2.45) is 0 Å². The zero-order chi connectivity index (χ0) is 32.8. The van der Waals surface area contributed by atoms with E-state index in [0.717, 1.165) is 33.4 Å². The molecule has 0 radical (unpaired) electrons. The second-order valence-corrected chi connectivity index (χ2v) is 14.0. The van der Waals surface area contributed by atoms with E-state index >= 15 is 0 Å². The molecule has 3 nitrogen and oxygen atoms in total. The molecule has 0 saturated heterocycles. The van der Waals surface area contributed by atoms with Gasteiger partial charge >= 0.3 is 0 Å².